The normalized spacial score (nSPS) is 12.4. The molecule has 0 saturated heterocycles. The van der Waals surface area contributed by atoms with Gasteiger partial charge in [0.15, 0.2) is 5.01 Å². The molecule has 1 aromatic rings. The number of carbonyl (C=O) groups is 1. The number of rotatable bonds is 7. The summed E-state index contributed by atoms with van der Waals surface area (Å²) < 4.78 is 5.54. The summed E-state index contributed by atoms with van der Waals surface area (Å²) in [5.41, 5.74) is 2.83. The summed E-state index contributed by atoms with van der Waals surface area (Å²) in [7, 11) is 0. The fourth-order valence-corrected chi connectivity index (χ4v) is 2.18. The Kier molecular flexibility index (Phi) is 6.10. The molecule has 96 valence electrons. The lowest BCUT2D eigenvalue weighted by atomic mass is 10.1. The number of amides is 1. The van der Waals surface area contributed by atoms with Crippen molar-refractivity contribution < 1.29 is 9.53 Å². The van der Waals surface area contributed by atoms with Gasteiger partial charge < -0.3 is 4.74 Å². The van der Waals surface area contributed by atoms with Gasteiger partial charge >= 0.3 is 0 Å². The molecule has 0 radical (unpaired) electrons. The number of hydrogen-bond acceptors (Lipinski definition) is 5. The maximum Gasteiger partial charge on any atom is 0.294 e. The second-order valence-corrected chi connectivity index (χ2v) is 4.88. The Morgan fingerprint density at radius 3 is 3.12 bits per heavy atom. The topological polar surface area (TPSA) is 77.2 Å². The van der Waals surface area contributed by atoms with Crippen molar-refractivity contribution in [2.75, 3.05) is 6.61 Å². The molecule has 5 nitrogen and oxygen atoms in total. The molecule has 1 aromatic heterocycles. The first kappa shape index (κ1) is 14.1. The predicted molar refractivity (Wildman–Crippen MR) is 67.5 cm³/mol. The molecule has 0 fully saturated rings. The third-order valence-electron chi connectivity index (χ3n) is 2.31. The lowest BCUT2D eigenvalue weighted by Gasteiger charge is -2.09. The molecule has 1 unspecified atom stereocenters. The number of carbonyl (C=O) groups excluding carboxylic acids is 1. The molecule has 0 aromatic carbocycles. The van der Waals surface area contributed by atoms with E-state index in [0.29, 0.717) is 17.5 Å². The van der Waals surface area contributed by atoms with Crippen LogP contribution < -0.4 is 11.3 Å². The summed E-state index contributed by atoms with van der Waals surface area (Å²) >= 11 is 1.27. The maximum absolute atomic E-state index is 11.2. The van der Waals surface area contributed by atoms with Gasteiger partial charge in [-0.3, -0.25) is 10.2 Å². The van der Waals surface area contributed by atoms with E-state index < -0.39 is 0 Å². The van der Waals surface area contributed by atoms with Crippen LogP contribution in [0, 0.1) is 5.92 Å². The van der Waals surface area contributed by atoms with Crippen molar-refractivity contribution in [1.82, 2.24) is 10.4 Å². The number of aromatic nitrogens is 1. The van der Waals surface area contributed by atoms with Crippen molar-refractivity contribution >= 4 is 17.2 Å². The van der Waals surface area contributed by atoms with E-state index in [0.717, 1.165) is 18.7 Å². The predicted octanol–water partition coefficient (Wildman–Crippen LogP) is 1.70. The molecule has 6 heteroatoms. The van der Waals surface area contributed by atoms with Crippen LogP contribution in [0.15, 0.2) is 5.38 Å². The van der Waals surface area contributed by atoms with Crippen molar-refractivity contribution in [3.63, 3.8) is 0 Å². The lowest BCUT2D eigenvalue weighted by Crippen LogP contribution is -2.29. The van der Waals surface area contributed by atoms with E-state index in [-0.39, 0.29) is 5.91 Å². The fourth-order valence-electron chi connectivity index (χ4n) is 1.48. The average molecular weight is 257 g/mol. The standard InChI is InChI=1S/C11H19N3O2S/c1-3-4-8(2)5-16-6-9-7-17-11(13-9)10(15)14-12/h7-8H,3-6,12H2,1-2H3,(H,14,15). The zero-order valence-electron chi connectivity index (χ0n) is 10.2. The van der Waals surface area contributed by atoms with Crippen LogP contribution in [0.3, 0.4) is 0 Å². The number of nitrogens with two attached hydrogens (primary N) is 1. The Morgan fingerprint density at radius 2 is 2.47 bits per heavy atom. The van der Waals surface area contributed by atoms with E-state index in [1.165, 1.54) is 17.8 Å². The number of ether oxygens (including phenoxy) is 1. The van der Waals surface area contributed by atoms with E-state index >= 15 is 0 Å². The Hall–Kier alpha value is -0.980. The molecule has 0 aliphatic rings. The number of nitrogens with zero attached hydrogens (tertiary/aromatic N) is 1. The van der Waals surface area contributed by atoms with Crippen molar-refractivity contribution in [2.45, 2.75) is 33.3 Å². The van der Waals surface area contributed by atoms with Gasteiger partial charge in [0.2, 0.25) is 0 Å². The SMILES string of the molecule is CCCC(C)COCc1csc(C(=O)NN)n1. The first-order chi connectivity index (χ1) is 8.17. The van der Waals surface area contributed by atoms with Crippen molar-refractivity contribution in [3.8, 4) is 0 Å². The highest BCUT2D eigenvalue weighted by atomic mass is 32.1. The number of thiazole rings is 1. The van der Waals surface area contributed by atoms with Gasteiger partial charge in [-0.1, -0.05) is 20.3 Å². The van der Waals surface area contributed by atoms with Crippen LogP contribution >= 0.6 is 11.3 Å². The molecule has 1 amide bonds. The van der Waals surface area contributed by atoms with Crippen LogP contribution in [0.2, 0.25) is 0 Å². The minimum Gasteiger partial charge on any atom is -0.375 e. The smallest absolute Gasteiger partial charge is 0.294 e. The summed E-state index contributed by atoms with van der Waals surface area (Å²) in [6, 6.07) is 0. The summed E-state index contributed by atoms with van der Waals surface area (Å²) in [6.07, 6.45) is 2.33. The molecule has 0 aliphatic heterocycles. The second-order valence-electron chi connectivity index (χ2n) is 4.03. The molecule has 1 atom stereocenters. The highest BCUT2D eigenvalue weighted by molar-refractivity contribution is 7.11. The monoisotopic (exact) mass is 257 g/mol. The zero-order chi connectivity index (χ0) is 12.7. The van der Waals surface area contributed by atoms with Crippen LogP contribution in [-0.2, 0) is 11.3 Å². The van der Waals surface area contributed by atoms with Crippen molar-refractivity contribution in [1.29, 1.82) is 0 Å². The van der Waals surface area contributed by atoms with Crippen molar-refractivity contribution in [3.05, 3.63) is 16.1 Å². The quantitative estimate of drug-likeness (QED) is 0.443. The maximum atomic E-state index is 11.2. The van der Waals surface area contributed by atoms with Gasteiger partial charge in [0, 0.05) is 12.0 Å². The van der Waals surface area contributed by atoms with Gasteiger partial charge in [0.05, 0.1) is 12.3 Å². The second kappa shape index (κ2) is 7.37. The highest BCUT2D eigenvalue weighted by Crippen LogP contribution is 2.12. The lowest BCUT2D eigenvalue weighted by molar-refractivity contribution is 0.0870. The fraction of sp³-hybridized carbons (Fsp3) is 0.636. The van der Waals surface area contributed by atoms with Gasteiger partial charge in [0.1, 0.15) is 0 Å². The number of hydrazine groups is 1. The van der Waals surface area contributed by atoms with E-state index in [1.807, 2.05) is 5.38 Å². The zero-order valence-corrected chi connectivity index (χ0v) is 11.0. The Bertz CT molecular complexity index is 354. The minimum absolute atomic E-state index is 0.361. The van der Waals surface area contributed by atoms with Gasteiger partial charge in [-0.2, -0.15) is 0 Å². The highest BCUT2D eigenvalue weighted by Gasteiger charge is 2.09. The Morgan fingerprint density at radius 1 is 1.71 bits per heavy atom. The van der Waals surface area contributed by atoms with Gasteiger partial charge in [-0.15, -0.1) is 11.3 Å². The van der Waals surface area contributed by atoms with Crippen LogP contribution in [-0.4, -0.2) is 17.5 Å². The largest absolute Gasteiger partial charge is 0.375 e. The van der Waals surface area contributed by atoms with Crippen LogP contribution in [0.1, 0.15) is 42.2 Å². The molecule has 0 bridgehead atoms. The van der Waals surface area contributed by atoms with E-state index in [2.05, 4.69) is 24.3 Å². The van der Waals surface area contributed by atoms with Crippen LogP contribution in [0.25, 0.3) is 0 Å². The summed E-state index contributed by atoms with van der Waals surface area (Å²) in [6.45, 7) is 5.50. The minimum atomic E-state index is -0.361. The first-order valence-corrected chi connectivity index (χ1v) is 6.58. The molecular weight excluding hydrogens is 238 g/mol. The average Bonchev–Trinajstić information content (AvgIpc) is 2.77. The Balaban J connectivity index is 2.32. The number of nitrogens with one attached hydrogen (secondary N) is 1. The molecule has 1 heterocycles. The molecule has 3 N–H and O–H groups in total. The molecule has 0 spiro atoms. The third-order valence-corrected chi connectivity index (χ3v) is 3.20. The van der Waals surface area contributed by atoms with Gasteiger partial charge in [0.25, 0.3) is 5.91 Å². The molecule has 1 rings (SSSR count). The van der Waals surface area contributed by atoms with E-state index in [1.54, 1.807) is 0 Å². The summed E-state index contributed by atoms with van der Waals surface area (Å²) in [4.78, 5) is 15.3. The molecule has 0 aliphatic carbocycles. The van der Waals surface area contributed by atoms with E-state index in [4.69, 9.17) is 10.6 Å². The summed E-state index contributed by atoms with van der Waals surface area (Å²) in [5.74, 6) is 5.22. The van der Waals surface area contributed by atoms with Crippen LogP contribution in [0.5, 0.6) is 0 Å². The third kappa shape index (κ3) is 4.80. The van der Waals surface area contributed by atoms with Crippen LogP contribution in [0.4, 0.5) is 0 Å². The summed E-state index contributed by atoms with van der Waals surface area (Å²) in [5, 5.41) is 2.18. The van der Waals surface area contributed by atoms with Gasteiger partial charge in [-0.25, -0.2) is 10.8 Å². The first-order valence-electron chi connectivity index (χ1n) is 5.70. The van der Waals surface area contributed by atoms with E-state index in [9.17, 15) is 4.79 Å². The Labute approximate surface area is 105 Å². The number of hydrogen-bond donors (Lipinski definition) is 2. The molecule has 0 saturated carbocycles. The molecule has 17 heavy (non-hydrogen) atoms. The van der Waals surface area contributed by atoms with Crippen molar-refractivity contribution in [2.24, 2.45) is 11.8 Å². The molecular formula is C11H19N3O2S. The number of nitrogen functional groups attached to an aromatic ring is 1. The van der Waals surface area contributed by atoms with Gasteiger partial charge in [-0.05, 0) is 12.3 Å².